The maximum Gasteiger partial charge on any atom is 0.326 e. The number of carbonyl (C=O) groups excluding carboxylic acids is 1. The fraction of sp³-hybridized carbons (Fsp3) is 0.562. The second-order valence-corrected chi connectivity index (χ2v) is 5.53. The van der Waals surface area contributed by atoms with Crippen LogP contribution in [0.4, 0.5) is 0 Å². The maximum absolute atomic E-state index is 11.9. The van der Waals surface area contributed by atoms with Crippen molar-refractivity contribution in [2.45, 2.75) is 52.6 Å². The van der Waals surface area contributed by atoms with E-state index in [1.165, 1.54) is 6.07 Å². The van der Waals surface area contributed by atoms with Crippen molar-refractivity contribution >= 4 is 11.9 Å². The zero-order valence-corrected chi connectivity index (χ0v) is 13.3. The van der Waals surface area contributed by atoms with Crippen LogP contribution in [-0.2, 0) is 16.1 Å². The average molecular weight is 308 g/mol. The summed E-state index contributed by atoms with van der Waals surface area (Å²) in [5.41, 5.74) is 0.749. The monoisotopic (exact) mass is 308 g/mol. The van der Waals surface area contributed by atoms with E-state index >= 15 is 0 Å². The van der Waals surface area contributed by atoms with Crippen LogP contribution in [0.15, 0.2) is 23.0 Å². The summed E-state index contributed by atoms with van der Waals surface area (Å²) in [5, 5.41) is 11.7. The number of carbonyl (C=O) groups is 2. The van der Waals surface area contributed by atoms with Crippen LogP contribution in [0.5, 0.6) is 0 Å². The van der Waals surface area contributed by atoms with Crippen LogP contribution in [0.1, 0.15) is 38.8 Å². The molecule has 6 heteroatoms. The van der Waals surface area contributed by atoms with Crippen molar-refractivity contribution in [2.75, 3.05) is 0 Å². The van der Waals surface area contributed by atoms with Crippen molar-refractivity contribution in [3.8, 4) is 0 Å². The lowest BCUT2D eigenvalue weighted by atomic mass is 9.99. The summed E-state index contributed by atoms with van der Waals surface area (Å²) in [4.78, 5) is 34.7. The number of amides is 1. The third-order valence-electron chi connectivity index (χ3n) is 3.85. The molecule has 1 amide bonds. The summed E-state index contributed by atoms with van der Waals surface area (Å²) in [6.45, 7) is 5.97. The molecular weight excluding hydrogens is 284 g/mol. The van der Waals surface area contributed by atoms with Gasteiger partial charge in [-0.15, -0.1) is 0 Å². The molecule has 2 unspecified atom stereocenters. The van der Waals surface area contributed by atoms with Crippen LogP contribution in [0, 0.1) is 12.8 Å². The molecule has 6 nitrogen and oxygen atoms in total. The van der Waals surface area contributed by atoms with Gasteiger partial charge >= 0.3 is 5.97 Å². The van der Waals surface area contributed by atoms with E-state index in [9.17, 15) is 14.4 Å². The van der Waals surface area contributed by atoms with Crippen molar-refractivity contribution in [1.29, 1.82) is 0 Å². The molecular formula is C16H24N2O4. The molecule has 0 spiro atoms. The number of aliphatic carboxylic acids is 1. The van der Waals surface area contributed by atoms with Crippen LogP contribution in [0.3, 0.4) is 0 Å². The molecule has 1 rings (SSSR count). The van der Waals surface area contributed by atoms with E-state index in [1.807, 2.05) is 19.9 Å². The lowest BCUT2D eigenvalue weighted by Crippen LogP contribution is -2.45. The summed E-state index contributed by atoms with van der Waals surface area (Å²) in [5.74, 6) is -1.44. The first-order valence-corrected chi connectivity index (χ1v) is 7.55. The van der Waals surface area contributed by atoms with Crippen LogP contribution >= 0.6 is 0 Å². The van der Waals surface area contributed by atoms with Gasteiger partial charge in [0.15, 0.2) is 0 Å². The summed E-state index contributed by atoms with van der Waals surface area (Å²) >= 11 is 0. The Hall–Kier alpha value is -2.11. The normalized spacial score (nSPS) is 13.4. The standard InChI is InChI=1S/C16H24N2O4/c1-4-11(2)15(16(21)22)17-13(19)8-6-10-18-12(3)7-5-9-14(18)20/h5,7,9,11,15H,4,6,8,10H2,1-3H3,(H,17,19)(H,21,22). The van der Waals surface area contributed by atoms with Gasteiger partial charge in [0, 0.05) is 24.7 Å². The highest BCUT2D eigenvalue weighted by Crippen LogP contribution is 2.08. The highest BCUT2D eigenvalue weighted by molar-refractivity contribution is 5.83. The molecule has 0 aliphatic rings. The predicted octanol–water partition coefficient (Wildman–Crippen LogP) is 1.55. The van der Waals surface area contributed by atoms with E-state index in [1.54, 1.807) is 17.6 Å². The summed E-state index contributed by atoms with van der Waals surface area (Å²) in [6, 6.07) is 4.16. The van der Waals surface area contributed by atoms with Gasteiger partial charge in [0.2, 0.25) is 5.91 Å². The number of carboxylic acid groups (broad SMARTS) is 1. The Morgan fingerprint density at radius 3 is 2.59 bits per heavy atom. The number of aromatic nitrogens is 1. The minimum Gasteiger partial charge on any atom is -0.480 e. The van der Waals surface area contributed by atoms with Crippen molar-refractivity contribution < 1.29 is 14.7 Å². The lowest BCUT2D eigenvalue weighted by molar-refractivity contribution is -0.143. The third-order valence-corrected chi connectivity index (χ3v) is 3.85. The van der Waals surface area contributed by atoms with Gasteiger partial charge < -0.3 is 15.0 Å². The van der Waals surface area contributed by atoms with Crippen molar-refractivity contribution in [3.05, 3.63) is 34.2 Å². The first-order valence-electron chi connectivity index (χ1n) is 7.55. The van der Waals surface area contributed by atoms with E-state index in [0.717, 1.165) is 5.69 Å². The van der Waals surface area contributed by atoms with Crippen LogP contribution in [0.2, 0.25) is 0 Å². The fourth-order valence-electron chi connectivity index (χ4n) is 2.24. The number of nitrogens with one attached hydrogen (secondary N) is 1. The van der Waals surface area contributed by atoms with Crippen molar-refractivity contribution in [3.63, 3.8) is 0 Å². The third kappa shape index (κ3) is 5.02. The first kappa shape index (κ1) is 17.9. The zero-order chi connectivity index (χ0) is 16.7. The number of hydrogen-bond donors (Lipinski definition) is 2. The van der Waals surface area contributed by atoms with Gasteiger partial charge in [-0.2, -0.15) is 0 Å². The summed E-state index contributed by atoms with van der Waals surface area (Å²) < 4.78 is 1.61. The minimum absolute atomic E-state index is 0.0941. The number of hydrogen-bond acceptors (Lipinski definition) is 3. The molecule has 0 saturated heterocycles. The molecule has 122 valence electrons. The molecule has 22 heavy (non-hydrogen) atoms. The van der Waals surface area contributed by atoms with Gasteiger partial charge in [-0.3, -0.25) is 9.59 Å². The molecule has 1 aromatic rings. The predicted molar refractivity (Wildman–Crippen MR) is 83.7 cm³/mol. The van der Waals surface area contributed by atoms with E-state index in [-0.39, 0.29) is 23.8 Å². The molecule has 0 saturated carbocycles. The molecule has 0 bridgehead atoms. The smallest absolute Gasteiger partial charge is 0.326 e. The second-order valence-electron chi connectivity index (χ2n) is 5.53. The minimum atomic E-state index is -1.02. The Kier molecular flexibility index (Phi) is 6.82. The summed E-state index contributed by atoms with van der Waals surface area (Å²) in [7, 11) is 0. The number of nitrogens with zero attached hydrogens (tertiary/aromatic N) is 1. The van der Waals surface area contributed by atoms with Crippen LogP contribution in [-0.4, -0.2) is 27.6 Å². The van der Waals surface area contributed by atoms with Gasteiger partial charge in [-0.05, 0) is 25.3 Å². The molecule has 0 aromatic carbocycles. The zero-order valence-electron chi connectivity index (χ0n) is 13.3. The van der Waals surface area contributed by atoms with Gasteiger partial charge in [-0.1, -0.05) is 26.3 Å². The van der Waals surface area contributed by atoms with Crippen molar-refractivity contribution in [1.82, 2.24) is 9.88 Å². The number of rotatable bonds is 8. The number of aryl methyl sites for hydroxylation is 1. The van der Waals surface area contributed by atoms with E-state index < -0.39 is 12.0 Å². The highest BCUT2D eigenvalue weighted by atomic mass is 16.4. The molecule has 1 heterocycles. The van der Waals surface area contributed by atoms with E-state index in [0.29, 0.717) is 19.4 Å². The van der Waals surface area contributed by atoms with Crippen LogP contribution < -0.4 is 10.9 Å². The fourth-order valence-corrected chi connectivity index (χ4v) is 2.24. The number of carboxylic acids is 1. The molecule has 2 N–H and O–H groups in total. The number of pyridine rings is 1. The molecule has 0 aliphatic carbocycles. The quantitative estimate of drug-likeness (QED) is 0.762. The largest absolute Gasteiger partial charge is 0.480 e. The van der Waals surface area contributed by atoms with Crippen molar-refractivity contribution in [2.24, 2.45) is 5.92 Å². The average Bonchev–Trinajstić information content (AvgIpc) is 2.46. The summed E-state index contributed by atoms with van der Waals surface area (Å²) in [6.07, 6.45) is 1.36. The van der Waals surface area contributed by atoms with Crippen LogP contribution in [0.25, 0.3) is 0 Å². The SMILES string of the molecule is CCC(C)C(NC(=O)CCCn1c(C)cccc1=O)C(=O)O. The molecule has 0 fully saturated rings. The van der Waals surface area contributed by atoms with Gasteiger partial charge in [0.1, 0.15) is 6.04 Å². The lowest BCUT2D eigenvalue weighted by Gasteiger charge is -2.20. The van der Waals surface area contributed by atoms with Gasteiger partial charge in [0.05, 0.1) is 0 Å². The maximum atomic E-state index is 11.9. The Labute approximate surface area is 130 Å². The molecule has 0 radical (unpaired) electrons. The van der Waals surface area contributed by atoms with E-state index in [2.05, 4.69) is 5.32 Å². The topological polar surface area (TPSA) is 88.4 Å². The molecule has 1 aromatic heterocycles. The Bertz CT molecular complexity index is 580. The Morgan fingerprint density at radius 1 is 1.36 bits per heavy atom. The Balaban J connectivity index is 2.53. The van der Waals surface area contributed by atoms with Gasteiger partial charge in [0.25, 0.3) is 5.56 Å². The van der Waals surface area contributed by atoms with Gasteiger partial charge in [-0.25, -0.2) is 4.79 Å². The second kappa shape index (κ2) is 8.36. The first-order chi connectivity index (χ1) is 10.4. The molecule has 2 atom stereocenters. The molecule has 0 aliphatic heterocycles. The van der Waals surface area contributed by atoms with E-state index in [4.69, 9.17) is 5.11 Å². The highest BCUT2D eigenvalue weighted by Gasteiger charge is 2.24. The Morgan fingerprint density at radius 2 is 2.05 bits per heavy atom.